The van der Waals surface area contributed by atoms with Gasteiger partial charge in [-0.1, -0.05) is 11.8 Å². The number of likely N-dealkylation sites (N-methyl/N-ethyl adjacent to an activating group) is 1. The van der Waals surface area contributed by atoms with Gasteiger partial charge in [-0.25, -0.2) is 13.1 Å². The third kappa shape index (κ3) is 4.92. The normalized spacial score (nSPS) is 20.4. The lowest BCUT2D eigenvalue weighted by Crippen LogP contribution is -2.41. The van der Waals surface area contributed by atoms with Gasteiger partial charge in [-0.15, -0.1) is 5.10 Å². The van der Waals surface area contributed by atoms with Crippen LogP contribution in [0.15, 0.2) is 5.16 Å². The van der Waals surface area contributed by atoms with Gasteiger partial charge in [0.2, 0.25) is 11.1 Å². The second-order valence-electron chi connectivity index (χ2n) is 5.26. The molecule has 0 unspecified atom stereocenters. The first kappa shape index (κ1) is 17.2. The van der Waals surface area contributed by atoms with Crippen molar-refractivity contribution >= 4 is 27.5 Å². The molecule has 1 fully saturated rings. The zero-order valence-corrected chi connectivity index (χ0v) is 14.2. The highest BCUT2D eigenvalue weighted by molar-refractivity contribution is 7.99. The van der Waals surface area contributed by atoms with Crippen LogP contribution in [-0.4, -0.2) is 82.9 Å². The molecule has 1 aliphatic heterocycles. The molecule has 22 heavy (non-hydrogen) atoms. The fourth-order valence-corrected chi connectivity index (χ4v) is 4.72. The molecule has 0 aromatic carbocycles. The van der Waals surface area contributed by atoms with Crippen LogP contribution in [0.25, 0.3) is 0 Å². The fraction of sp³-hybridized carbons (Fsp3) is 0.818. The number of nitrogens with one attached hydrogen (secondary N) is 1. The van der Waals surface area contributed by atoms with Gasteiger partial charge >= 0.3 is 0 Å². The van der Waals surface area contributed by atoms with Crippen LogP contribution in [-0.2, 0) is 21.7 Å². The molecule has 1 saturated heterocycles. The van der Waals surface area contributed by atoms with Crippen molar-refractivity contribution in [3.8, 4) is 0 Å². The van der Waals surface area contributed by atoms with Crippen molar-refractivity contribution in [2.75, 3.05) is 37.4 Å². The second kappa shape index (κ2) is 7.38. The van der Waals surface area contributed by atoms with Crippen LogP contribution in [0.1, 0.15) is 6.42 Å². The van der Waals surface area contributed by atoms with E-state index in [0.717, 1.165) is 0 Å². The molecule has 0 radical (unpaired) electrons. The Morgan fingerprint density at radius 1 is 1.55 bits per heavy atom. The maximum absolute atomic E-state index is 11.8. The monoisotopic (exact) mass is 348 g/mol. The molecule has 2 rings (SSSR count). The average Bonchev–Trinajstić information content (AvgIpc) is 3.00. The Labute approximate surface area is 133 Å². The van der Waals surface area contributed by atoms with Crippen molar-refractivity contribution in [1.29, 1.82) is 0 Å². The molecule has 1 aliphatic rings. The number of carbonyl (C=O) groups excluding carboxylic acids is 1. The predicted octanol–water partition coefficient (Wildman–Crippen LogP) is -1.46. The predicted molar refractivity (Wildman–Crippen MR) is 82.2 cm³/mol. The Morgan fingerprint density at radius 3 is 2.91 bits per heavy atom. The Morgan fingerprint density at radius 2 is 2.32 bits per heavy atom. The summed E-state index contributed by atoms with van der Waals surface area (Å²) in [6, 6.07) is -0.0603. The van der Waals surface area contributed by atoms with Crippen LogP contribution >= 0.6 is 11.8 Å². The minimum atomic E-state index is -2.92. The Hall–Kier alpha value is -1.20. The number of nitrogens with zero attached hydrogens (tertiary/aromatic N) is 5. The van der Waals surface area contributed by atoms with E-state index in [1.807, 2.05) is 0 Å². The van der Waals surface area contributed by atoms with Gasteiger partial charge in [0.05, 0.1) is 18.1 Å². The summed E-state index contributed by atoms with van der Waals surface area (Å²) < 4.78 is 24.4. The van der Waals surface area contributed by atoms with Crippen LogP contribution in [0.3, 0.4) is 0 Å². The van der Waals surface area contributed by atoms with Gasteiger partial charge in [-0.05, 0) is 23.9 Å². The maximum atomic E-state index is 11.8. The molecule has 9 nitrogen and oxygen atoms in total. The highest BCUT2D eigenvalue weighted by atomic mass is 32.2. The van der Waals surface area contributed by atoms with Crippen LogP contribution < -0.4 is 5.32 Å². The minimum Gasteiger partial charge on any atom is -0.354 e. The summed E-state index contributed by atoms with van der Waals surface area (Å²) in [5.41, 5.74) is 0. The number of aryl methyl sites for hydroxylation is 1. The second-order valence-corrected chi connectivity index (χ2v) is 8.55. The number of hydrogen-bond donors (Lipinski definition) is 1. The standard InChI is InChI=1S/C11H20N6O3S2/c1-16(9-3-6-22(19,20)8-9)7-10(18)12-4-5-21-11-13-14-15-17(11)2/h9H,3-8H2,1-2H3,(H,12,18)/t9-/m0/s1. The van der Waals surface area contributed by atoms with E-state index in [0.29, 0.717) is 23.9 Å². The number of thioether (sulfide) groups is 1. The molecule has 1 aromatic rings. The van der Waals surface area contributed by atoms with E-state index in [4.69, 9.17) is 0 Å². The zero-order valence-electron chi connectivity index (χ0n) is 12.6. The number of carbonyl (C=O) groups is 1. The lowest BCUT2D eigenvalue weighted by Gasteiger charge is -2.22. The highest BCUT2D eigenvalue weighted by Crippen LogP contribution is 2.16. The largest absolute Gasteiger partial charge is 0.354 e. The van der Waals surface area contributed by atoms with E-state index in [-0.39, 0.29) is 30.0 Å². The molecular weight excluding hydrogens is 328 g/mol. The SMILES string of the molecule is CN(CC(=O)NCCSc1nnnn1C)[C@H]1CCS(=O)(=O)C1. The van der Waals surface area contributed by atoms with Gasteiger partial charge in [0.25, 0.3) is 0 Å². The van der Waals surface area contributed by atoms with Gasteiger partial charge in [0.15, 0.2) is 9.84 Å². The number of hydrogen-bond acceptors (Lipinski definition) is 8. The van der Waals surface area contributed by atoms with Crippen molar-refractivity contribution in [3.63, 3.8) is 0 Å². The molecule has 1 aromatic heterocycles. The van der Waals surface area contributed by atoms with Crippen molar-refractivity contribution in [3.05, 3.63) is 0 Å². The topological polar surface area (TPSA) is 110 Å². The summed E-state index contributed by atoms with van der Waals surface area (Å²) in [4.78, 5) is 13.6. The molecule has 0 saturated carbocycles. The fourth-order valence-electron chi connectivity index (χ4n) is 2.21. The van der Waals surface area contributed by atoms with E-state index in [1.165, 1.54) is 11.8 Å². The number of tetrazole rings is 1. The van der Waals surface area contributed by atoms with Crippen LogP contribution in [0.5, 0.6) is 0 Å². The Kier molecular flexibility index (Phi) is 5.75. The van der Waals surface area contributed by atoms with Crippen molar-refractivity contribution in [1.82, 2.24) is 30.4 Å². The van der Waals surface area contributed by atoms with Gasteiger partial charge in [0, 0.05) is 25.4 Å². The van der Waals surface area contributed by atoms with E-state index < -0.39 is 9.84 Å². The molecule has 2 heterocycles. The molecule has 1 N–H and O–H groups in total. The average molecular weight is 348 g/mol. The number of sulfone groups is 1. The lowest BCUT2D eigenvalue weighted by atomic mass is 10.2. The first-order valence-electron chi connectivity index (χ1n) is 6.90. The minimum absolute atomic E-state index is 0.0603. The molecule has 11 heteroatoms. The zero-order chi connectivity index (χ0) is 16.2. The molecule has 1 amide bonds. The molecule has 124 valence electrons. The quantitative estimate of drug-likeness (QED) is 0.470. The highest BCUT2D eigenvalue weighted by Gasteiger charge is 2.31. The number of rotatable bonds is 7. The maximum Gasteiger partial charge on any atom is 0.234 e. The summed E-state index contributed by atoms with van der Waals surface area (Å²) in [5.74, 6) is 0.919. The van der Waals surface area contributed by atoms with Gasteiger partial charge in [-0.2, -0.15) is 0 Å². The van der Waals surface area contributed by atoms with E-state index in [1.54, 1.807) is 23.7 Å². The molecule has 0 spiro atoms. The summed E-state index contributed by atoms with van der Waals surface area (Å²) in [6.07, 6.45) is 0.598. The van der Waals surface area contributed by atoms with Gasteiger partial charge < -0.3 is 5.32 Å². The van der Waals surface area contributed by atoms with Crippen molar-refractivity contribution < 1.29 is 13.2 Å². The molecule has 1 atom stereocenters. The van der Waals surface area contributed by atoms with Crippen LogP contribution in [0.4, 0.5) is 0 Å². The van der Waals surface area contributed by atoms with Crippen LogP contribution in [0, 0.1) is 0 Å². The first-order valence-corrected chi connectivity index (χ1v) is 9.70. The van der Waals surface area contributed by atoms with Crippen LogP contribution in [0.2, 0.25) is 0 Å². The summed E-state index contributed by atoms with van der Waals surface area (Å²) in [5, 5.41) is 14.6. The third-order valence-electron chi connectivity index (χ3n) is 3.46. The Bertz CT molecular complexity index is 617. The van der Waals surface area contributed by atoms with Crippen molar-refractivity contribution in [2.24, 2.45) is 7.05 Å². The van der Waals surface area contributed by atoms with E-state index in [2.05, 4.69) is 20.8 Å². The van der Waals surface area contributed by atoms with E-state index >= 15 is 0 Å². The smallest absolute Gasteiger partial charge is 0.234 e. The van der Waals surface area contributed by atoms with Crippen molar-refractivity contribution in [2.45, 2.75) is 17.6 Å². The molecule has 0 bridgehead atoms. The molecular formula is C11H20N6O3S2. The number of aromatic nitrogens is 4. The number of amides is 1. The lowest BCUT2D eigenvalue weighted by molar-refractivity contribution is -0.122. The third-order valence-corrected chi connectivity index (χ3v) is 6.22. The first-order chi connectivity index (χ1) is 10.4. The summed E-state index contributed by atoms with van der Waals surface area (Å²) >= 11 is 1.46. The summed E-state index contributed by atoms with van der Waals surface area (Å²) in [6.45, 7) is 0.712. The molecule has 0 aliphatic carbocycles. The summed E-state index contributed by atoms with van der Waals surface area (Å²) in [7, 11) is 0.614. The van der Waals surface area contributed by atoms with E-state index in [9.17, 15) is 13.2 Å². The van der Waals surface area contributed by atoms with Gasteiger partial charge in [-0.3, -0.25) is 9.69 Å². The van der Waals surface area contributed by atoms with Gasteiger partial charge in [0.1, 0.15) is 0 Å². The Balaban J connectivity index is 1.64.